The number of hydrogen-bond acceptors (Lipinski definition) is 3. The van der Waals surface area contributed by atoms with Crippen LogP contribution in [0.3, 0.4) is 0 Å². The average molecular weight is 220 g/mol. The van der Waals surface area contributed by atoms with Crippen LogP contribution in [-0.4, -0.2) is 24.5 Å². The highest BCUT2D eigenvalue weighted by atomic mass is 16.3. The minimum absolute atomic E-state index is 0.666. The van der Waals surface area contributed by atoms with Crippen LogP contribution in [-0.2, 0) is 13.1 Å². The fraction of sp³-hybridized carbons (Fsp3) is 0.538. The molecule has 1 aromatic rings. The van der Waals surface area contributed by atoms with Crippen molar-refractivity contribution in [2.45, 2.75) is 26.9 Å². The first kappa shape index (κ1) is 12.8. The summed E-state index contributed by atoms with van der Waals surface area (Å²) >= 11 is 0. The van der Waals surface area contributed by atoms with Gasteiger partial charge in [-0.1, -0.05) is 19.8 Å². The molecule has 0 amide bonds. The first-order chi connectivity index (χ1) is 7.80. The van der Waals surface area contributed by atoms with Crippen molar-refractivity contribution in [3.8, 4) is 12.3 Å². The Bertz CT molecular complexity index is 338. The van der Waals surface area contributed by atoms with E-state index in [0.29, 0.717) is 6.54 Å². The summed E-state index contributed by atoms with van der Waals surface area (Å²) in [7, 11) is 0. The summed E-state index contributed by atoms with van der Waals surface area (Å²) in [6.45, 7) is 8.41. The topological polar surface area (TPSA) is 28.4 Å². The molecule has 0 aliphatic rings. The fourth-order valence-electron chi connectivity index (χ4n) is 1.50. The third-order valence-electron chi connectivity index (χ3n) is 2.43. The van der Waals surface area contributed by atoms with Crippen molar-refractivity contribution < 1.29 is 4.42 Å². The summed E-state index contributed by atoms with van der Waals surface area (Å²) in [5, 5.41) is 3.26. The van der Waals surface area contributed by atoms with Crippen LogP contribution in [0.5, 0.6) is 0 Å². The highest BCUT2D eigenvalue weighted by molar-refractivity contribution is 5.12. The molecular formula is C13H20N2O. The lowest BCUT2D eigenvalue weighted by molar-refractivity contribution is 0.285. The molecule has 1 N–H and O–H groups in total. The van der Waals surface area contributed by atoms with Crippen LogP contribution in [0.2, 0.25) is 0 Å². The molecule has 0 aliphatic heterocycles. The molecule has 16 heavy (non-hydrogen) atoms. The van der Waals surface area contributed by atoms with E-state index in [1.807, 2.05) is 6.26 Å². The number of rotatable bonds is 7. The second-order valence-electron chi connectivity index (χ2n) is 3.71. The van der Waals surface area contributed by atoms with Gasteiger partial charge in [-0.05, 0) is 19.2 Å². The molecule has 1 aromatic heterocycles. The molecule has 0 aromatic carbocycles. The standard InChI is InChI=1S/C13H20N2O/c1-4-7-15(6-3)10-13-8-12(11-16-13)9-14-5-2/h1,8,11,14H,5-7,9-10H2,2-3H3. The molecule has 0 atom stereocenters. The van der Waals surface area contributed by atoms with Crippen LogP contribution >= 0.6 is 0 Å². The molecule has 0 saturated heterocycles. The van der Waals surface area contributed by atoms with E-state index in [4.69, 9.17) is 10.8 Å². The van der Waals surface area contributed by atoms with Crippen LogP contribution < -0.4 is 5.32 Å². The lowest BCUT2D eigenvalue weighted by Crippen LogP contribution is -2.22. The SMILES string of the molecule is C#CCN(CC)Cc1cc(CNCC)co1. The molecule has 0 fully saturated rings. The summed E-state index contributed by atoms with van der Waals surface area (Å²) in [6, 6.07) is 2.09. The predicted molar refractivity (Wildman–Crippen MR) is 65.9 cm³/mol. The van der Waals surface area contributed by atoms with Gasteiger partial charge in [0.05, 0.1) is 19.4 Å². The van der Waals surface area contributed by atoms with Crippen molar-refractivity contribution in [1.82, 2.24) is 10.2 Å². The van der Waals surface area contributed by atoms with E-state index in [9.17, 15) is 0 Å². The number of hydrogen-bond donors (Lipinski definition) is 1. The Kier molecular flexibility index (Phi) is 5.69. The summed E-state index contributed by atoms with van der Waals surface area (Å²) < 4.78 is 5.49. The zero-order valence-corrected chi connectivity index (χ0v) is 10.1. The Balaban J connectivity index is 2.47. The summed E-state index contributed by atoms with van der Waals surface area (Å²) in [5.74, 6) is 3.63. The number of furan rings is 1. The normalized spacial score (nSPS) is 10.6. The Morgan fingerprint density at radius 2 is 2.31 bits per heavy atom. The molecule has 0 aliphatic carbocycles. The van der Waals surface area contributed by atoms with Crippen LogP contribution in [0, 0.1) is 12.3 Å². The van der Waals surface area contributed by atoms with Crippen molar-refractivity contribution in [3.63, 3.8) is 0 Å². The van der Waals surface area contributed by atoms with E-state index in [2.05, 4.69) is 36.1 Å². The highest BCUT2D eigenvalue weighted by Crippen LogP contribution is 2.10. The van der Waals surface area contributed by atoms with Gasteiger partial charge in [0, 0.05) is 12.1 Å². The quantitative estimate of drug-likeness (QED) is 0.711. The third kappa shape index (κ3) is 4.09. The first-order valence-electron chi connectivity index (χ1n) is 5.73. The van der Waals surface area contributed by atoms with Gasteiger partial charge in [-0.2, -0.15) is 0 Å². The van der Waals surface area contributed by atoms with Crippen LogP contribution in [0.1, 0.15) is 25.2 Å². The van der Waals surface area contributed by atoms with E-state index in [1.54, 1.807) is 0 Å². The van der Waals surface area contributed by atoms with E-state index < -0.39 is 0 Å². The van der Waals surface area contributed by atoms with Gasteiger partial charge < -0.3 is 9.73 Å². The molecule has 1 rings (SSSR count). The van der Waals surface area contributed by atoms with E-state index in [-0.39, 0.29) is 0 Å². The molecule has 0 bridgehead atoms. The van der Waals surface area contributed by atoms with Crippen molar-refractivity contribution in [2.75, 3.05) is 19.6 Å². The fourth-order valence-corrected chi connectivity index (χ4v) is 1.50. The Hall–Kier alpha value is -1.24. The molecule has 3 nitrogen and oxygen atoms in total. The summed E-state index contributed by atoms with van der Waals surface area (Å²) in [6.07, 6.45) is 7.10. The lowest BCUT2D eigenvalue weighted by Gasteiger charge is -2.14. The zero-order valence-electron chi connectivity index (χ0n) is 10.1. The van der Waals surface area contributed by atoms with E-state index in [0.717, 1.165) is 31.9 Å². The highest BCUT2D eigenvalue weighted by Gasteiger charge is 2.06. The molecule has 0 spiro atoms. The maximum Gasteiger partial charge on any atom is 0.118 e. The smallest absolute Gasteiger partial charge is 0.118 e. The van der Waals surface area contributed by atoms with Gasteiger partial charge in [-0.3, -0.25) is 4.90 Å². The lowest BCUT2D eigenvalue weighted by atomic mass is 10.3. The van der Waals surface area contributed by atoms with Gasteiger partial charge in [0.15, 0.2) is 0 Å². The van der Waals surface area contributed by atoms with Gasteiger partial charge in [0.2, 0.25) is 0 Å². The largest absolute Gasteiger partial charge is 0.468 e. The van der Waals surface area contributed by atoms with E-state index in [1.165, 1.54) is 5.56 Å². The molecule has 0 unspecified atom stereocenters. The van der Waals surface area contributed by atoms with Gasteiger partial charge in [-0.25, -0.2) is 0 Å². The van der Waals surface area contributed by atoms with Crippen molar-refractivity contribution in [1.29, 1.82) is 0 Å². The van der Waals surface area contributed by atoms with Crippen molar-refractivity contribution in [3.05, 3.63) is 23.7 Å². The molecule has 0 saturated carbocycles. The molecule has 3 heteroatoms. The summed E-state index contributed by atoms with van der Waals surface area (Å²) in [4.78, 5) is 2.16. The number of nitrogens with zero attached hydrogens (tertiary/aromatic N) is 1. The molecular weight excluding hydrogens is 200 g/mol. The molecule has 0 radical (unpaired) electrons. The van der Waals surface area contributed by atoms with E-state index >= 15 is 0 Å². The Labute approximate surface area is 97.8 Å². The Morgan fingerprint density at radius 1 is 1.50 bits per heavy atom. The second kappa shape index (κ2) is 7.10. The minimum Gasteiger partial charge on any atom is -0.468 e. The van der Waals surface area contributed by atoms with Crippen LogP contribution in [0.15, 0.2) is 16.7 Å². The Morgan fingerprint density at radius 3 is 2.94 bits per heavy atom. The van der Waals surface area contributed by atoms with Gasteiger partial charge >= 0.3 is 0 Å². The zero-order chi connectivity index (χ0) is 11.8. The van der Waals surface area contributed by atoms with Crippen molar-refractivity contribution in [2.24, 2.45) is 0 Å². The third-order valence-corrected chi connectivity index (χ3v) is 2.43. The number of terminal acetylenes is 1. The monoisotopic (exact) mass is 220 g/mol. The maximum atomic E-state index is 5.49. The summed E-state index contributed by atoms with van der Waals surface area (Å²) in [5.41, 5.74) is 1.19. The van der Waals surface area contributed by atoms with Gasteiger partial charge in [0.25, 0.3) is 0 Å². The van der Waals surface area contributed by atoms with Crippen LogP contribution in [0.4, 0.5) is 0 Å². The number of nitrogens with one attached hydrogen (secondary N) is 1. The van der Waals surface area contributed by atoms with Crippen molar-refractivity contribution >= 4 is 0 Å². The second-order valence-corrected chi connectivity index (χ2v) is 3.71. The molecule has 1 heterocycles. The van der Waals surface area contributed by atoms with Gasteiger partial charge in [-0.15, -0.1) is 6.42 Å². The van der Waals surface area contributed by atoms with Crippen LogP contribution in [0.25, 0.3) is 0 Å². The molecule has 88 valence electrons. The predicted octanol–water partition coefficient (Wildman–Crippen LogP) is 1.84. The average Bonchev–Trinajstić information content (AvgIpc) is 2.73. The minimum atomic E-state index is 0.666. The van der Waals surface area contributed by atoms with Gasteiger partial charge in [0.1, 0.15) is 5.76 Å². The first-order valence-corrected chi connectivity index (χ1v) is 5.73. The maximum absolute atomic E-state index is 5.49.